The molecule has 0 fully saturated rings. The number of benzene rings is 2. The van der Waals surface area contributed by atoms with Gasteiger partial charge in [-0.15, -0.1) is 5.10 Å². The Morgan fingerprint density at radius 2 is 2.08 bits per heavy atom. The Morgan fingerprint density at radius 1 is 1.20 bits per heavy atom. The van der Waals surface area contributed by atoms with E-state index in [1.54, 1.807) is 19.2 Å². The second-order valence-electron chi connectivity index (χ2n) is 5.32. The molecule has 0 amide bonds. The van der Waals surface area contributed by atoms with Crippen LogP contribution >= 0.6 is 23.4 Å². The number of hydrogen-bond donors (Lipinski definition) is 1. The zero-order valence-corrected chi connectivity index (χ0v) is 15.5. The minimum absolute atomic E-state index is 0.582. The van der Waals surface area contributed by atoms with Gasteiger partial charge in [-0.25, -0.2) is 4.98 Å². The summed E-state index contributed by atoms with van der Waals surface area (Å²) in [6.45, 7) is 2.62. The van der Waals surface area contributed by atoms with E-state index >= 15 is 0 Å². The zero-order chi connectivity index (χ0) is 17.6. The van der Waals surface area contributed by atoms with Gasteiger partial charge in [0.15, 0.2) is 5.82 Å². The van der Waals surface area contributed by atoms with Crippen LogP contribution in [0.25, 0.3) is 11.4 Å². The fraction of sp³-hybridized carbons (Fsp3) is 0.222. The number of nitrogens with zero attached hydrogens (tertiary/aromatic N) is 2. The Balaban J connectivity index is 1.58. The molecule has 0 atom stereocenters. The second-order valence-corrected chi connectivity index (χ2v) is 6.82. The summed E-state index contributed by atoms with van der Waals surface area (Å²) in [6, 6.07) is 13.4. The standard InChI is InChI=1S/C18H18ClN3O2S/c1-12-4-3-5-14(10-12)24-8-9-25-18-20-17(21-22-18)15-11-13(19)6-7-16(15)23-2/h3-7,10-11H,8-9H2,1-2H3,(H,20,21,22). The predicted molar refractivity (Wildman–Crippen MR) is 101 cm³/mol. The Labute approximate surface area is 155 Å². The number of H-pyrrole nitrogens is 1. The van der Waals surface area contributed by atoms with Crippen LogP contribution in [0.3, 0.4) is 0 Å². The van der Waals surface area contributed by atoms with Gasteiger partial charge in [0.25, 0.3) is 0 Å². The largest absolute Gasteiger partial charge is 0.496 e. The van der Waals surface area contributed by atoms with Gasteiger partial charge < -0.3 is 9.47 Å². The molecule has 1 N–H and O–H groups in total. The van der Waals surface area contributed by atoms with Crippen molar-refractivity contribution in [2.45, 2.75) is 12.1 Å². The molecule has 0 spiro atoms. The Morgan fingerprint density at radius 3 is 2.88 bits per heavy atom. The van der Waals surface area contributed by atoms with Crippen molar-refractivity contribution in [2.75, 3.05) is 19.5 Å². The third-order valence-electron chi connectivity index (χ3n) is 3.45. The number of aryl methyl sites for hydroxylation is 1. The van der Waals surface area contributed by atoms with Crippen LogP contribution in [0.2, 0.25) is 5.02 Å². The highest BCUT2D eigenvalue weighted by Gasteiger charge is 2.12. The molecule has 0 saturated heterocycles. The second kappa shape index (κ2) is 8.27. The number of nitrogens with one attached hydrogen (secondary N) is 1. The SMILES string of the molecule is COc1ccc(Cl)cc1-c1nc(SCCOc2cccc(C)c2)n[nH]1. The van der Waals surface area contributed by atoms with E-state index in [4.69, 9.17) is 21.1 Å². The van der Waals surface area contributed by atoms with E-state index < -0.39 is 0 Å². The van der Waals surface area contributed by atoms with Gasteiger partial charge in [0, 0.05) is 10.8 Å². The summed E-state index contributed by atoms with van der Waals surface area (Å²) < 4.78 is 11.1. The number of ether oxygens (including phenoxy) is 2. The molecule has 0 aliphatic carbocycles. The van der Waals surface area contributed by atoms with Gasteiger partial charge in [-0.1, -0.05) is 35.5 Å². The van der Waals surface area contributed by atoms with Crippen LogP contribution in [0.5, 0.6) is 11.5 Å². The molecule has 1 heterocycles. The summed E-state index contributed by atoms with van der Waals surface area (Å²) in [5, 5.41) is 8.43. The van der Waals surface area contributed by atoms with Gasteiger partial charge in [-0.2, -0.15) is 0 Å². The molecule has 7 heteroatoms. The van der Waals surface area contributed by atoms with E-state index in [2.05, 4.69) is 15.2 Å². The first-order valence-corrected chi connectivity index (χ1v) is 9.10. The van der Waals surface area contributed by atoms with Gasteiger partial charge in [0.1, 0.15) is 11.5 Å². The van der Waals surface area contributed by atoms with Gasteiger partial charge in [0.2, 0.25) is 5.16 Å². The van der Waals surface area contributed by atoms with Crippen LogP contribution in [0.15, 0.2) is 47.6 Å². The lowest BCUT2D eigenvalue weighted by molar-refractivity contribution is 0.343. The summed E-state index contributed by atoms with van der Waals surface area (Å²) in [4.78, 5) is 4.49. The molecule has 0 radical (unpaired) electrons. The number of methoxy groups -OCH3 is 1. The molecule has 5 nitrogen and oxygen atoms in total. The number of halogens is 1. The van der Waals surface area contributed by atoms with Crippen LogP contribution < -0.4 is 9.47 Å². The fourth-order valence-electron chi connectivity index (χ4n) is 2.29. The Bertz CT molecular complexity index is 854. The topological polar surface area (TPSA) is 60.0 Å². The average molecular weight is 376 g/mol. The minimum atomic E-state index is 0.582. The summed E-state index contributed by atoms with van der Waals surface area (Å²) in [7, 11) is 1.61. The quantitative estimate of drug-likeness (QED) is 0.482. The van der Waals surface area contributed by atoms with Crippen LogP contribution in [0.1, 0.15) is 5.56 Å². The summed E-state index contributed by atoms with van der Waals surface area (Å²) in [5.74, 6) is 2.94. The summed E-state index contributed by atoms with van der Waals surface area (Å²) in [5.41, 5.74) is 1.96. The molecule has 0 aliphatic rings. The number of rotatable bonds is 7. The normalized spacial score (nSPS) is 10.7. The summed E-state index contributed by atoms with van der Waals surface area (Å²) in [6.07, 6.45) is 0. The molecular formula is C18H18ClN3O2S. The van der Waals surface area contributed by atoms with E-state index in [0.717, 1.165) is 17.1 Å². The lowest BCUT2D eigenvalue weighted by atomic mass is 10.2. The first-order valence-electron chi connectivity index (χ1n) is 7.74. The van der Waals surface area contributed by atoms with Gasteiger partial charge in [-0.05, 0) is 42.8 Å². The highest BCUT2D eigenvalue weighted by atomic mass is 35.5. The monoisotopic (exact) mass is 375 g/mol. The molecule has 25 heavy (non-hydrogen) atoms. The molecule has 0 unspecified atom stereocenters. The van der Waals surface area contributed by atoms with E-state index in [1.807, 2.05) is 37.3 Å². The molecule has 1 aromatic heterocycles. The highest BCUT2D eigenvalue weighted by Crippen LogP contribution is 2.31. The van der Waals surface area contributed by atoms with Gasteiger partial charge >= 0.3 is 0 Å². The van der Waals surface area contributed by atoms with Crippen LogP contribution in [0.4, 0.5) is 0 Å². The predicted octanol–water partition coefficient (Wildman–Crippen LogP) is 4.61. The van der Waals surface area contributed by atoms with Crippen molar-refractivity contribution < 1.29 is 9.47 Å². The molecule has 0 saturated carbocycles. The lowest BCUT2D eigenvalue weighted by Crippen LogP contribution is -2.00. The van der Waals surface area contributed by atoms with Crippen LogP contribution in [-0.4, -0.2) is 34.7 Å². The lowest BCUT2D eigenvalue weighted by Gasteiger charge is -2.06. The molecule has 0 bridgehead atoms. The van der Waals surface area contributed by atoms with Crippen molar-refractivity contribution in [3.63, 3.8) is 0 Å². The first kappa shape index (κ1) is 17.6. The molecule has 130 valence electrons. The smallest absolute Gasteiger partial charge is 0.208 e. The number of aromatic amines is 1. The molecule has 3 rings (SSSR count). The fourth-order valence-corrected chi connectivity index (χ4v) is 3.08. The van der Waals surface area contributed by atoms with E-state index in [-0.39, 0.29) is 0 Å². The van der Waals surface area contributed by atoms with E-state index in [0.29, 0.717) is 28.4 Å². The minimum Gasteiger partial charge on any atom is -0.496 e. The molecular weight excluding hydrogens is 358 g/mol. The molecule has 0 aliphatic heterocycles. The third-order valence-corrected chi connectivity index (χ3v) is 4.50. The van der Waals surface area contributed by atoms with Crippen molar-refractivity contribution in [3.8, 4) is 22.9 Å². The van der Waals surface area contributed by atoms with Crippen molar-refractivity contribution in [2.24, 2.45) is 0 Å². The Hall–Kier alpha value is -2.18. The summed E-state index contributed by atoms with van der Waals surface area (Å²) >= 11 is 7.59. The average Bonchev–Trinajstić information content (AvgIpc) is 3.07. The highest BCUT2D eigenvalue weighted by molar-refractivity contribution is 7.99. The van der Waals surface area contributed by atoms with Crippen molar-refractivity contribution in [1.29, 1.82) is 0 Å². The van der Waals surface area contributed by atoms with E-state index in [1.165, 1.54) is 17.3 Å². The van der Waals surface area contributed by atoms with Crippen molar-refractivity contribution >= 4 is 23.4 Å². The van der Waals surface area contributed by atoms with Crippen molar-refractivity contribution in [1.82, 2.24) is 15.2 Å². The maximum Gasteiger partial charge on any atom is 0.208 e. The molecule has 2 aromatic carbocycles. The number of thioether (sulfide) groups is 1. The van der Waals surface area contributed by atoms with E-state index in [9.17, 15) is 0 Å². The Kier molecular flexibility index (Phi) is 5.83. The van der Waals surface area contributed by atoms with Crippen molar-refractivity contribution in [3.05, 3.63) is 53.1 Å². The number of aromatic nitrogens is 3. The van der Waals surface area contributed by atoms with Gasteiger partial charge in [0.05, 0.1) is 19.3 Å². The van der Waals surface area contributed by atoms with Crippen LogP contribution in [-0.2, 0) is 0 Å². The third kappa shape index (κ3) is 4.67. The number of hydrogen-bond acceptors (Lipinski definition) is 5. The maximum absolute atomic E-state index is 6.06. The van der Waals surface area contributed by atoms with Crippen LogP contribution in [0, 0.1) is 6.92 Å². The molecule has 3 aromatic rings. The maximum atomic E-state index is 6.06. The first-order chi connectivity index (χ1) is 12.2. The zero-order valence-electron chi connectivity index (χ0n) is 14.0. The van der Waals surface area contributed by atoms with Gasteiger partial charge in [-0.3, -0.25) is 5.10 Å².